The van der Waals surface area contributed by atoms with Gasteiger partial charge in [0.15, 0.2) is 5.78 Å². The molecule has 1 heteroatoms. The third kappa shape index (κ3) is 1.92. The van der Waals surface area contributed by atoms with Gasteiger partial charge in [0.05, 0.1) is 0 Å². The Labute approximate surface area is 68.5 Å². The molecule has 1 unspecified atom stereocenters. The first-order valence-corrected chi connectivity index (χ1v) is 4.31. The summed E-state index contributed by atoms with van der Waals surface area (Å²) in [5.74, 6) is 1.05. The van der Waals surface area contributed by atoms with Crippen LogP contribution in [-0.2, 0) is 4.79 Å². The second kappa shape index (κ2) is 3.21. The van der Waals surface area contributed by atoms with E-state index in [0.29, 0.717) is 0 Å². The molecule has 0 heterocycles. The van der Waals surface area contributed by atoms with Crippen LogP contribution in [-0.4, -0.2) is 5.78 Å². The van der Waals surface area contributed by atoms with Crippen molar-refractivity contribution in [3.8, 4) is 0 Å². The Balaban J connectivity index is 2.78. The van der Waals surface area contributed by atoms with E-state index in [-0.39, 0.29) is 5.78 Å². The molecule has 0 bridgehead atoms. The second-order valence-corrected chi connectivity index (χ2v) is 3.66. The van der Waals surface area contributed by atoms with E-state index in [0.717, 1.165) is 24.3 Å². The number of carbonyl (C=O) groups excluding carboxylic acids is 1. The molecule has 1 nitrogen and oxygen atoms in total. The Morgan fingerprint density at radius 2 is 2.18 bits per heavy atom. The lowest BCUT2D eigenvalue weighted by molar-refractivity contribution is -0.113. The molecule has 0 aromatic rings. The Morgan fingerprint density at radius 3 is 2.64 bits per heavy atom. The van der Waals surface area contributed by atoms with Gasteiger partial charge >= 0.3 is 0 Å². The molecule has 11 heavy (non-hydrogen) atoms. The van der Waals surface area contributed by atoms with E-state index < -0.39 is 0 Å². The van der Waals surface area contributed by atoms with Gasteiger partial charge in [-0.3, -0.25) is 4.79 Å². The molecule has 0 N–H and O–H groups in total. The van der Waals surface area contributed by atoms with E-state index in [1.807, 2.05) is 0 Å². The summed E-state index contributed by atoms with van der Waals surface area (Å²) in [6.45, 7) is 6.02. The lowest BCUT2D eigenvalue weighted by atomic mass is 9.84. The zero-order valence-electron chi connectivity index (χ0n) is 7.61. The van der Waals surface area contributed by atoms with Crippen molar-refractivity contribution in [3.05, 3.63) is 11.1 Å². The fraction of sp³-hybridized carbons (Fsp3) is 0.700. The standard InChI is InChI=1S/C10H16O/c1-7-4-5-10(9(3)11)8(2)6-7/h7H,4-6H2,1-3H3. The normalized spacial score (nSPS) is 25.5. The first-order valence-electron chi connectivity index (χ1n) is 4.31. The summed E-state index contributed by atoms with van der Waals surface area (Å²) in [5.41, 5.74) is 2.40. The predicted octanol–water partition coefficient (Wildman–Crippen LogP) is 2.71. The van der Waals surface area contributed by atoms with Crippen LogP contribution in [0.1, 0.15) is 40.0 Å². The van der Waals surface area contributed by atoms with E-state index in [1.165, 1.54) is 12.0 Å². The fourth-order valence-electron chi connectivity index (χ4n) is 1.83. The van der Waals surface area contributed by atoms with Crippen molar-refractivity contribution in [2.24, 2.45) is 5.92 Å². The van der Waals surface area contributed by atoms with Crippen molar-refractivity contribution < 1.29 is 4.79 Å². The van der Waals surface area contributed by atoms with Crippen molar-refractivity contribution in [3.63, 3.8) is 0 Å². The maximum absolute atomic E-state index is 11.1. The van der Waals surface area contributed by atoms with E-state index in [1.54, 1.807) is 6.92 Å². The van der Waals surface area contributed by atoms with Crippen molar-refractivity contribution in [2.75, 3.05) is 0 Å². The maximum atomic E-state index is 11.1. The van der Waals surface area contributed by atoms with Gasteiger partial charge in [-0.2, -0.15) is 0 Å². The highest BCUT2D eigenvalue weighted by atomic mass is 16.1. The monoisotopic (exact) mass is 152 g/mol. The van der Waals surface area contributed by atoms with Crippen LogP contribution in [0.5, 0.6) is 0 Å². The molecule has 0 aromatic heterocycles. The van der Waals surface area contributed by atoms with Crippen LogP contribution in [0.3, 0.4) is 0 Å². The number of hydrogen-bond acceptors (Lipinski definition) is 1. The molecule has 0 aliphatic heterocycles. The third-order valence-electron chi connectivity index (χ3n) is 2.48. The third-order valence-corrected chi connectivity index (χ3v) is 2.48. The minimum Gasteiger partial charge on any atom is -0.295 e. The van der Waals surface area contributed by atoms with Crippen LogP contribution in [0.25, 0.3) is 0 Å². The Morgan fingerprint density at radius 1 is 1.55 bits per heavy atom. The van der Waals surface area contributed by atoms with Crippen LogP contribution < -0.4 is 0 Å². The average molecular weight is 152 g/mol. The topological polar surface area (TPSA) is 17.1 Å². The van der Waals surface area contributed by atoms with Crippen LogP contribution in [0.15, 0.2) is 11.1 Å². The molecule has 0 radical (unpaired) electrons. The summed E-state index contributed by atoms with van der Waals surface area (Å²) in [4.78, 5) is 11.1. The van der Waals surface area contributed by atoms with Gasteiger partial charge in [0.1, 0.15) is 0 Å². The summed E-state index contributed by atoms with van der Waals surface area (Å²) in [7, 11) is 0. The average Bonchev–Trinajstić information content (AvgIpc) is 1.85. The Kier molecular flexibility index (Phi) is 2.48. The van der Waals surface area contributed by atoms with E-state index in [4.69, 9.17) is 0 Å². The molecule has 0 aromatic carbocycles. The van der Waals surface area contributed by atoms with Gasteiger partial charge in [0.2, 0.25) is 0 Å². The van der Waals surface area contributed by atoms with E-state index in [2.05, 4.69) is 13.8 Å². The smallest absolute Gasteiger partial charge is 0.155 e. The molecule has 62 valence electrons. The van der Waals surface area contributed by atoms with Gasteiger partial charge in [-0.05, 0) is 44.6 Å². The summed E-state index contributed by atoms with van der Waals surface area (Å²) in [6.07, 6.45) is 3.31. The highest BCUT2D eigenvalue weighted by molar-refractivity contribution is 5.94. The van der Waals surface area contributed by atoms with Gasteiger partial charge in [0, 0.05) is 0 Å². The van der Waals surface area contributed by atoms with Crippen molar-refractivity contribution >= 4 is 5.78 Å². The largest absolute Gasteiger partial charge is 0.295 e. The zero-order chi connectivity index (χ0) is 8.43. The highest BCUT2D eigenvalue weighted by Crippen LogP contribution is 2.28. The maximum Gasteiger partial charge on any atom is 0.155 e. The molecule has 0 saturated heterocycles. The van der Waals surface area contributed by atoms with E-state index >= 15 is 0 Å². The van der Waals surface area contributed by atoms with Crippen molar-refractivity contribution in [1.29, 1.82) is 0 Å². The number of hydrogen-bond donors (Lipinski definition) is 0. The molecule has 1 rings (SSSR count). The molecule has 1 atom stereocenters. The molecule has 0 spiro atoms. The lowest BCUT2D eigenvalue weighted by Crippen LogP contribution is -2.10. The summed E-state index contributed by atoms with van der Waals surface area (Å²) >= 11 is 0. The van der Waals surface area contributed by atoms with Gasteiger partial charge in [-0.15, -0.1) is 0 Å². The Hall–Kier alpha value is -0.590. The van der Waals surface area contributed by atoms with Gasteiger partial charge in [0.25, 0.3) is 0 Å². The minimum atomic E-state index is 0.273. The quantitative estimate of drug-likeness (QED) is 0.564. The van der Waals surface area contributed by atoms with Crippen LogP contribution in [0.2, 0.25) is 0 Å². The van der Waals surface area contributed by atoms with Crippen molar-refractivity contribution in [2.45, 2.75) is 40.0 Å². The number of Topliss-reactive ketones (excluding diaryl/α,β-unsaturated/α-hetero) is 1. The zero-order valence-corrected chi connectivity index (χ0v) is 7.61. The fourth-order valence-corrected chi connectivity index (χ4v) is 1.83. The van der Waals surface area contributed by atoms with Crippen LogP contribution >= 0.6 is 0 Å². The van der Waals surface area contributed by atoms with Crippen molar-refractivity contribution in [1.82, 2.24) is 0 Å². The number of ketones is 1. The Bertz CT molecular complexity index is 201. The number of carbonyl (C=O) groups is 1. The molecular formula is C10H16O. The lowest BCUT2D eigenvalue weighted by Gasteiger charge is -2.20. The summed E-state index contributed by atoms with van der Waals surface area (Å²) in [5, 5.41) is 0. The second-order valence-electron chi connectivity index (χ2n) is 3.66. The van der Waals surface area contributed by atoms with Crippen LogP contribution in [0, 0.1) is 5.92 Å². The number of allylic oxidation sites excluding steroid dienone is 2. The van der Waals surface area contributed by atoms with E-state index in [9.17, 15) is 4.79 Å². The first kappa shape index (κ1) is 8.51. The van der Waals surface area contributed by atoms with Gasteiger partial charge in [-0.25, -0.2) is 0 Å². The molecule has 0 fully saturated rings. The molecular weight excluding hydrogens is 136 g/mol. The highest BCUT2D eigenvalue weighted by Gasteiger charge is 2.17. The minimum absolute atomic E-state index is 0.273. The number of rotatable bonds is 1. The molecule has 0 amide bonds. The van der Waals surface area contributed by atoms with Gasteiger partial charge in [-0.1, -0.05) is 12.5 Å². The predicted molar refractivity (Wildman–Crippen MR) is 46.4 cm³/mol. The molecule has 0 saturated carbocycles. The first-order chi connectivity index (χ1) is 5.11. The molecule has 1 aliphatic rings. The summed E-state index contributed by atoms with van der Waals surface area (Å²) < 4.78 is 0. The van der Waals surface area contributed by atoms with Crippen LogP contribution in [0.4, 0.5) is 0 Å². The van der Waals surface area contributed by atoms with Gasteiger partial charge < -0.3 is 0 Å². The molecule has 1 aliphatic carbocycles. The summed E-state index contributed by atoms with van der Waals surface area (Å²) in [6, 6.07) is 0. The SMILES string of the molecule is CC(=O)C1=C(C)CC(C)CC1.